The summed E-state index contributed by atoms with van der Waals surface area (Å²) in [7, 11) is -1.42. The van der Waals surface area contributed by atoms with Crippen LogP contribution in [0.5, 0.6) is 0 Å². The predicted octanol–water partition coefficient (Wildman–Crippen LogP) is -1.04. The number of hydrogen-bond donors (Lipinski definition) is 2. The molecule has 1 atom stereocenters. The monoisotopic (exact) mass is 342 g/mol. The molecule has 0 radical (unpaired) electrons. The van der Waals surface area contributed by atoms with E-state index >= 15 is 0 Å². The molecule has 1 rings (SSSR count). The zero-order valence-corrected chi connectivity index (χ0v) is 11.9. The van der Waals surface area contributed by atoms with Gasteiger partial charge in [-0.05, 0) is 15.9 Å². The van der Waals surface area contributed by atoms with Crippen molar-refractivity contribution in [1.82, 2.24) is 19.7 Å². The second-order valence-corrected chi connectivity index (χ2v) is 5.66. The smallest absolute Gasteiger partial charge is 0.324 e. The van der Waals surface area contributed by atoms with E-state index in [0.29, 0.717) is 0 Å². The van der Waals surface area contributed by atoms with Gasteiger partial charge in [0.1, 0.15) is 6.04 Å². The maximum absolute atomic E-state index is 12.0. The van der Waals surface area contributed by atoms with Gasteiger partial charge >= 0.3 is 5.97 Å². The number of nitrogens with zero attached hydrogens (tertiary/aromatic N) is 3. The van der Waals surface area contributed by atoms with Crippen molar-refractivity contribution in [3.05, 3.63) is 4.60 Å². The van der Waals surface area contributed by atoms with Crippen LogP contribution in [0.15, 0.2) is 9.63 Å². The summed E-state index contributed by atoms with van der Waals surface area (Å²) in [6.07, 6.45) is 0. The van der Waals surface area contributed by atoms with Crippen LogP contribution in [0.3, 0.4) is 0 Å². The lowest BCUT2D eigenvalue weighted by Crippen LogP contribution is -2.44. The summed E-state index contributed by atoms with van der Waals surface area (Å²) >= 11 is 2.93. The number of aromatic nitrogens is 3. The largest absolute Gasteiger partial charge is 0.480 e. The second kappa shape index (κ2) is 5.73. The van der Waals surface area contributed by atoms with Crippen molar-refractivity contribution in [2.24, 2.45) is 7.05 Å². The molecular weight excluding hydrogens is 332 g/mol. The Morgan fingerprint density at radius 2 is 2.28 bits per heavy atom. The van der Waals surface area contributed by atoms with Crippen LogP contribution < -0.4 is 4.72 Å². The molecule has 102 valence electrons. The topological polar surface area (TPSA) is 123 Å². The van der Waals surface area contributed by atoms with Gasteiger partial charge in [-0.2, -0.15) is 4.72 Å². The van der Waals surface area contributed by atoms with Crippen LogP contribution in [0.2, 0.25) is 0 Å². The van der Waals surface area contributed by atoms with Crippen LogP contribution in [0.25, 0.3) is 0 Å². The maximum atomic E-state index is 12.0. The Labute approximate surface area is 111 Å². The van der Waals surface area contributed by atoms with Crippen LogP contribution in [0.1, 0.15) is 0 Å². The molecule has 0 fully saturated rings. The summed E-state index contributed by atoms with van der Waals surface area (Å²) in [5.74, 6) is -1.34. The number of hydrogen-bond acceptors (Lipinski definition) is 6. The maximum Gasteiger partial charge on any atom is 0.324 e. The first kappa shape index (κ1) is 15.0. The Bertz CT molecular complexity index is 523. The van der Waals surface area contributed by atoms with E-state index in [4.69, 9.17) is 5.11 Å². The van der Waals surface area contributed by atoms with E-state index in [-0.39, 0.29) is 16.2 Å². The van der Waals surface area contributed by atoms with Gasteiger partial charge in [-0.25, -0.2) is 13.1 Å². The van der Waals surface area contributed by atoms with Crippen molar-refractivity contribution >= 4 is 31.9 Å². The number of aryl methyl sites for hydroxylation is 1. The molecule has 2 N–H and O–H groups in total. The Morgan fingerprint density at radius 1 is 1.67 bits per heavy atom. The summed E-state index contributed by atoms with van der Waals surface area (Å²) in [4.78, 5) is 10.8. The molecule has 1 heterocycles. The highest BCUT2D eigenvalue weighted by molar-refractivity contribution is 9.10. The average molecular weight is 343 g/mol. The highest BCUT2D eigenvalue weighted by Gasteiger charge is 2.30. The first-order valence-corrected chi connectivity index (χ1v) is 6.86. The average Bonchev–Trinajstić information content (AvgIpc) is 2.58. The third-order valence-electron chi connectivity index (χ3n) is 1.92. The number of rotatable bonds is 6. The zero-order valence-electron chi connectivity index (χ0n) is 9.49. The zero-order chi connectivity index (χ0) is 13.9. The van der Waals surface area contributed by atoms with Gasteiger partial charge in [-0.15, -0.1) is 5.10 Å². The van der Waals surface area contributed by atoms with E-state index < -0.39 is 22.0 Å². The lowest BCUT2D eigenvalue weighted by atomic mass is 10.3. The molecule has 0 aromatic carbocycles. The molecule has 0 saturated carbocycles. The fourth-order valence-corrected chi connectivity index (χ4v) is 3.44. The minimum atomic E-state index is -4.06. The molecule has 18 heavy (non-hydrogen) atoms. The molecule has 1 aromatic heterocycles. The summed E-state index contributed by atoms with van der Waals surface area (Å²) in [6.45, 7) is -0.294. The molecule has 0 aliphatic rings. The first-order chi connectivity index (χ1) is 8.29. The summed E-state index contributed by atoms with van der Waals surface area (Å²) in [5, 5.41) is 15.6. The predicted molar refractivity (Wildman–Crippen MR) is 62.3 cm³/mol. The normalized spacial score (nSPS) is 13.5. The van der Waals surface area contributed by atoms with E-state index in [2.05, 4.69) is 31.0 Å². The molecular formula is C7H11BrN4O5S. The molecule has 0 saturated heterocycles. The Morgan fingerprint density at radius 3 is 2.67 bits per heavy atom. The summed E-state index contributed by atoms with van der Waals surface area (Å²) in [6, 6.07) is -1.39. The van der Waals surface area contributed by atoms with Crippen molar-refractivity contribution in [2.45, 2.75) is 11.1 Å². The van der Waals surface area contributed by atoms with E-state index in [1.165, 1.54) is 14.2 Å². The van der Waals surface area contributed by atoms with E-state index in [1.54, 1.807) is 0 Å². The number of carboxylic acid groups (broad SMARTS) is 1. The SMILES string of the molecule is COCC(NS(=O)(=O)c1c(Br)nnn1C)C(=O)O. The van der Waals surface area contributed by atoms with Crippen molar-refractivity contribution in [3.8, 4) is 0 Å². The quantitative estimate of drug-likeness (QED) is 0.676. The van der Waals surface area contributed by atoms with Gasteiger partial charge in [0.2, 0.25) is 5.03 Å². The number of methoxy groups -OCH3 is 1. The molecule has 1 unspecified atom stereocenters. The van der Waals surface area contributed by atoms with Crippen LogP contribution in [-0.4, -0.2) is 54.2 Å². The van der Waals surface area contributed by atoms with Gasteiger partial charge in [-0.3, -0.25) is 4.79 Å². The third-order valence-corrected chi connectivity index (χ3v) is 4.28. The number of ether oxygens (including phenoxy) is 1. The van der Waals surface area contributed by atoms with Crippen LogP contribution in [0.4, 0.5) is 0 Å². The van der Waals surface area contributed by atoms with Crippen LogP contribution in [0, 0.1) is 0 Å². The summed E-state index contributed by atoms with van der Waals surface area (Å²) < 4.78 is 31.6. The molecule has 9 nitrogen and oxygen atoms in total. The fraction of sp³-hybridized carbons (Fsp3) is 0.571. The minimum Gasteiger partial charge on any atom is -0.480 e. The summed E-state index contributed by atoms with van der Waals surface area (Å²) in [5.41, 5.74) is 0. The minimum absolute atomic E-state index is 0.000874. The number of aliphatic carboxylic acids is 1. The Hall–Kier alpha value is -1.04. The number of halogens is 1. The van der Waals surface area contributed by atoms with Gasteiger partial charge in [0, 0.05) is 14.2 Å². The first-order valence-electron chi connectivity index (χ1n) is 4.59. The van der Waals surface area contributed by atoms with Crippen molar-refractivity contribution < 1.29 is 23.1 Å². The molecule has 0 spiro atoms. The van der Waals surface area contributed by atoms with Gasteiger partial charge in [0.25, 0.3) is 10.0 Å². The van der Waals surface area contributed by atoms with Gasteiger partial charge < -0.3 is 9.84 Å². The molecule has 11 heteroatoms. The number of sulfonamides is 1. The Kier molecular flexibility index (Phi) is 4.78. The lowest BCUT2D eigenvalue weighted by molar-refractivity contribution is -0.140. The van der Waals surface area contributed by atoms with Gasteiger partial charge in [0.15, 0.2) is 4.60 Å². The fourth-order valence-electron chi connectivity index (χ4n) is 1.17. The van der Waals surface area contributed by atoms with E-state index in [1.807, 2.05) is 4.72 Å². The lowest BCUT2D eigenvalue weighted by Gasteiger charge is -2.13. The van der Waals surface area contributed by atoms with Crippen LogP contribution >= 0.6 is 15.9 Å². The molecule has 0 amide bonds. The number of nitrogens with one attached hydrogen (secondary N) is 1. The number of carbonyl (C=O) groups is 1. The number of carboxylic acids is 1. The van der Waals surface area contributed by atoms with Crippen LogP contribution in [-0.2, 0) is 26.6 Å². The highest BCUT2D eigenvalue weighted by atomic mass is 79.9. The van der Waals surface area contributed by atoms with Gasteiger partial charge in [-0.1, -0.05) is 5.21 Å². The molecule has 0 aliphatic heterocycles. The Balaban J connectivity index is 3.05. The molecule has 0 aliphatic carbocycles. The highest BCUT2D eigenvalue weighted by Crippen LogP contribution is 2.17. The van der Waals surface area contributed by atoms with Gasteiger partial charge in [0.05, 0.1) is 6.61 Å². The van der Waals surface area contributed by atoms with E-state index in [9.17, 15) is 13.2 Å². The second-order valence-electron chi connectivity index (χ2n) is 3.28. The van der Waals surface area contributed by atoms with E-state index in [0.717, 1.165) is 4.68 Å². The molecule has 1 aromatic rings. The van der Waals surface area contributed by atoms with Crippen molar-refractivity contribution in [1.29, 1.82) is 0 Å². The molecule has 0 bridgehead atoms. The standard InChI is InChI=1S/C7H11BrN4O5S/c1-12-6(5(8)9-11-12)18(15,16)10-4(3-17-2)7(13)14/h4,10H,3H2,1-2H3,(H,13,14). The third kappa shape index (κ3) is 3.25. The van der Waals surface area contributed by atoms with Crippen molar-refractivity contribution in [2.75, 3.05) is 13.7 Å². The van der Waals surface area contributed by atoms with Crippen molar-refractivity contribution in [3.63, 3.8) is 0 Å².